The highest BCUT2D eigenvalue weighted by Crippen LogP contribution is 2.28. The fourth-order valence-corrected chi connectivity index (χ4v) is 2.17. The number of primary amides is 1. The zero-order valence-corrected chi connectivity index (χ0v) is 9.40. The van der Waals surface area contributed by atoms with Crippen molar-refractivity contribution < 1.29 is 9.59 Å². The van der Waals surface area contributed by atoms with Gasteiger partial charge < -0.3 is 16.4 Å². The van der Waals surface area contributed by atoms with Crippen LogP contribution >= 0.6 is 0 Å². The van der Waals surface area contributed by atoms with Gasteiger partial charge in [0.2, 0.25) is 5.91 Å². The third-order valence-corrected chi connectivity index (χ3v) is 3.06. The van der Waals surface area contributed by atoms with Gasteiger partial charge in [0.1, 0.15) is 0 Å². The van der Waals surface area contributed by atoms with Gasteiger partial charge in [0.05, 0.1) is 5.54 Å². The highest BCUT2D eigenvalue weighted by atomic mass is 16.2. The van der Waals surface area contributed by atoms with E-state index in [2.05, 4.69) is 10.6 Å². The van der Waals surface area contributed by atoms with E-state index < -0.39 is 11.6 Å². The van der Waals surface area contributed by atoms with Gasteiger partial charge >= 0.3 is 6.03 Å². The predicted molar refractivity (Wildman–Crippen MR) is 63.1 cm³/mol. The lowest BCUT2D eigenvalue weighted by Crippen LogP contribution is -2.57. The minimum Gasteiger partial charge on any atom is -0.353 e. The van der Waals surface area contributed by atoms with Crippen LogP contribution in [0.2, 0.25) is 0 Å². The van der Waals surface area contributed by atoms with Crippen molar-refractivity contribution in [3.63, 3.8) is 0 Å². The van der Waals surface area contributed by atoms with Crippen LogP contribution in [0, 0.1) is 0 Å². The summed E-state index contributed by atoms with van der Waals surface area (Å²) in [6, 6.07) is 8.97. The van der Waals surface area contributed by atoms with Crippen LogP contribution in [0.4, 0.5) is 4.79 Å². The molecule has 90 valence electrons. The third-order valence-electron chi connectivity index (χ3n) is 3.06. The second kappa shape index (κ2) is 4.45. The van der Waals surface area contributed by atoms with Gasteiger partial charge in [-0.1, -0.05) is 30.3 Å². The number of hydrogen-bond donors (Lipinski definition) is 3. The molecule has 1 atom stereocenters. The Morgan fingerprint density at radius 1 is 1.35 bits per heavy atom. The number of amides is 3. The molecule has 4 N–H and O–H groups in total. The molecule has 1 unspecified atom stereocenters. The molecule has 0 aliphatic carbocycles. The normalized spacial score (nSPS) is 23.9. The summed E-state index contributed by atoms with van der Waals surface area (Å²) in [6.45, 7) is 0.374. The number of piperidine rings is 1. The molecular formula is C12H15N3O2. The van der Waals surface area contributed by atoms with Crippen molar-refractivity contribution in [2.45, 2.75) is 18.4 Å². The van der Waals surface area contributed by atoms with Gasteiger partial charge in [-0.05, 0) is 12.0 Å². The molecule has 1 aliphatic rings. The largest absolute Gasteiger partial charge is 0.353 e. The van der Waals surface area contributed by atoms with Gasteiger partial charge in [0.25, 0.3) is 0 Å². The summed E-state index contributed by atoms with van der Waals surface area (Å²) < 4.78 is 0. The van der Waals surface area contributed by atoms with Gasteiger partial charge in [-0.2, -0.15) is 0 Å². The molecule has 5 heteroatoms. The number of hydrogen-bond acceptors (Lipinski definition) is 2. The van der Waals surface area contributed by atoms with Crippen LogP contribution in [0.3, 0.4) is 0 Å². The molecule has 1 heterocycles. The number of carbonyl (C=O) groups is 2. The van der Waals surface area contributed by atoms with Crippen LogP contribution in [0.1, 0.15) is 18.4 Å². The summed E-state index contributed by atoms with van der Waals surface area (Å²) in [7, 11) is 0. The lowest BCUT2D eigenvalue weighted by molar-refractivity contribution is -0.123. The van der Waals surface area contributed by atoms with Crippen LogP contribution in [0.25, 0.3) is 0 Å². The Labute approximate surface area is 99.4 Å². The Morgan fingerprint density at radius 2 is 2.06 bits per heavy atom. The number of benzene rings is 1. The Balaban J connectivity index is 2.30. The number of urea groups is 1. The third kappa shape index (κ3) is 2.38. The average Bonchev–Trinajstić information content (AvgIpc) is 2.33. The number of nitrogens with two attached hydrogens (primary N) is 1. The first-order valence-electron chi connectivity index (χ1n) is 5.52. The molecule has 0 radical (unpaired) electrons. The summed E-state index contributed by atoms with van der Waals surface area (Å²) in [5.74, 6) is 0.00262. The molecule has 1 aromatic rings. The van der Waals surface area contributed by atoms with Gasteiger partial charge in [-0.3, -0.25) is 4.79 Å². The van der Waals surface area contributed by atoms with E-state index in [0.717, 1.165) is 5.56 Å². The van der Waals surface area contributed by atoms with Crippen molar-refractivity contribution in [2.24, 2.45) is 5.73 Å². The molecule has 1 fully saturated rings. The van der Waals surface area contributed by atoms with Crippen LogP contribution in [0.5, 0.6) is 0 Å². The summed E-state index contributed by atoms with van der Waals surface area (Å²) in [6.07, 6.45) is 0.945. The quantitative estimate of drug-likeness (QED) is 0.693. The maximum atomic E-state index is 11.2. The van der Waals surface area contributed by atoms with Gasteiger partial charge in [0, 0.05) is 13.0 Å². The van der Waals surface area contributed by atoms with Crippen molar-refractivity contribution >= 4 is 11.9 Å². The maximum Gasteiger partial charge on any atom is 0.312 e. The second-order valence-corrected chi connectivity index (χ2v) is 4.21. The molecule has 1 saturated heterocycles. The van der Waals surface area contributed by atoms with E-state index in [1.54, 1.807) is 0 Å². The zero-order valence-electron chi connectivity index (χ0n) is 9.40. The van der Waals surface area contributed by atoms with Crippen molar-refractivity contribution in [3.8, 4) is 0 Å². The first-order valence-corrected chi connectivity index (χ1v) is 5.52. The molecule has 0 spiro atoms. The summed E-state index contributed by atoms with van der Waals surface area (Å²) in [4.78, 5) is 22.3. The minimum atomic E-state index is -0.582. The fourth-order valence-electron chi connectivity index (χ4n) is 2.17. The van der Waals surface area contributed by atoms with Crippen LogP contribution in [-0.2, 0) is 10.3 Å². The number of nitrogens with one attached hydrogen (secondary N) is 2. The van der Waals surface area contributed by atoms with Crippen molar-refractivity contribution in [1.29, 1.82) is 0 Å². The van der Waals surface area contributed by atoms with E-state index in [1.807, 2.05) is 30.3 Å². The fraction of sp³-hybridized carbons (Fsp3) is 0.333. The van der Waals surface area contributed by atoms with E-state index in [1.165, 1.54) is 0 Å². The zero-order chi connectivity index (χ0) is 12.3. The van der Waals surface area contributed by atoms with Crippen LogP contribution < -0.4 is 16.4 Å². The summed E-state index contributed by atoms with van der Waals surface area (Å²) in [5.41, 5.74) is 5.59. The molecule has 1 aromatic carbocycles. The highest BCUT2D eigenvalue weighted by molar-refractivity contribution is 5.78. The monoisotopic (exact) mass is 233 g/mol. The molecular weight excluding hydrogens is 218 g/mol. The van der Waals surface area contributed by atoms with Gasteiger partial charge in [0.15, 0.2) is 0 Å². The van der Waals surface area contributed by atoms with Crippen LogP contribution in [0.15, 0.2) is 30.3 Å². The number of rotatable bonds is 2. The molecule has 0 bridgehead atoms. The molecule has 0 saturated carbocycles. The maximum absolute atomic E-state index is 11.2. The lowest BCUT2D eigenvalue weighted by Gasteiger charge is -2.38. The molecule has 3 amide bonds. The molecule has 0 aromatic heterocycles. The topological polar surface area (TPSA) is 84.2 Å². The molecule has 2 rings (SSSR count). The van der Waals surface area contributed by atoms with E-state index in [0.29, 0.717) is 19.4 Å². The first-order chi connectivity index (χ1) is 8.12. The van der Waals surface area contributed by atoms with E-state index in [9.17, 15) is 9.59 Å². The smallest absolute Gasteiger partial charge is 0.312 e. The van der Waals surface area contributed by atoms with E-state index in [4.69, 9.17) is 5.73 Å². The Hall–Kier alpha value is -2.04. The van der Waals surface area contributed by atoms with Crippen molar-refractivity contribution in [2.75, 3.05) is 6.54 Å². The van der Waals surface area contributed by atoms with Gasteiger partial charge in [-0.25, -0.2) is 4.79 Å². The number of carbonyl (C=O) groups excluding carboxylic acids is 2. The lowest BCUT2D eigenvalue weighted by atomic mass is 9.83. The molecule has 1 aliphatic heterocycles. The Kier molecular flexibility index (Phi) is 2.99. The Bertz CT molecular complexity index is 421. The second-order valence-electron chi connectivity index (χ2n) is 4.21. The van der Waals surface area contributed by atoms with E-state index >= 15 is 0 Å². The van der Waals surface area contributed by atoms with Crippen LogP contribution in [-0.4, -0.2) is 18.5 Å². The highest BCUT2D eigenvalue weighted by Gasteiger charge is 2.37. The van der Waals surface area contributed by atoms with Crippen molar-refractivity contribution in [1.82, 2.24) is 10.6 Å². The Morgan fingerprint density at radius 3 is 2.59 bits per heavy atom. The predicted octanol–water partition coefficient (Wildman–Crippen LogP) is 0.460. The summed E-state index contributed by atoms with van der Waals surface area (Å²) >= 11 is 0. The van der Waals surface area contributed by atoms with E-state index in [-0.39, 0.29) is 5.91 Å². The average molecular weight is 233 g/mol. The molecule has 5 nitrogen and oxygen atoms in total. The molecule has 17 heavy (non-hydrogen) atoms. The first kappa shape index (κ1) is 11.4. The SMILES string of the molecule is NC(=O)NC1(c2ccccc2)CCC(=O)NC1. The summed E-state index contributed by atoms with van der Waals surface area (Å²) in [5, 5.41) is 5.52. The minimum absolute atomic E-state index is 0.00262. The van der Waals surface area contributed by atoms with Gasteiger partial charge in [-0.15, -0.1) is 0 Å². The standard InChI is InChI=1S/C12H15N3O2/c13-11(17)15-12(7-6-10(16)14-8-12)9-4-2-1-3-5-9/h1-5H,6-8H2,(H,14,16)(H3,13,15,17). The van der Waals surface area contributed by atoms with Crippen molar-refractivity contribution in [3.05, 3.63) is 35.9 Å².